The van der Waals surface area contributed by atoms with Crippen LogP contribution in [0.15, 0.2) is 52.9 Å². The molecule has 2 aromatic carbocycles. The molecule has 1 saturated carbocycles. The molecule has 0 aliphatic heterocycles. The molecule has 0 amide bonds. The summed E-state index contributed by atoms with van der Waals surface area (Å²) in [6.07, 6.45) is -2.72. The SMILES string of the molecule is OC1(c2nnc(-c3ccccc3Cc3ccc(C(F)(F)F)cc3)o2)CC1. The zero-order valence-corrected chi connectivity index (χ0v) is 13.6. The summed E-state index contributed by atoms with van der Waals surface area (Å²) >= 11 is 0. The predicted octanol–water partition coefficient (Wildman–Crippen LogP) is 4.33. The highest BCUT2D eigenvalue weighted by Gasteiger charge is 2.47. The minimum Gasteiger partial charge on any atom is -0.418 e. The molecule has 1 aliphatic carbocycles. The van der Waals surface area contributed by atoms with Crippen molar-refractivity contribution in [2.75, 3.05) is 0 Å². The van der Waals surface area contributed by atoms with Crippen LogP contribution in [0.5, 0.6) is 0 Å². The number of hydrogen-bond donors (Lipinski definition) is 1. The maximum absolute atomic E-state index is 12.7. The number of halogens is 3. The van der Waals surface area contributed by atoms with Crippen molar-refractivity contribution in [3.8, 4) is 11.5 Å². The van der Waals surface area contributed by atoms with Crippen molar-refractivity contribution in [2.45, 2.75) is 31.0 Å². The maximum atomic E-state index is 12.7. The molecule has 4 rings (SSSR count). The summed E-state index contributed by atoms with van der Waals surface area (Å²) in [7, 11) is 0. The Bertz CT molecular complexity index is 928. The first-order chi connectivity index (χ1) is 12.4. The molecule has 26 heavy (non-hydrogen) atoms. The number of rotatable bonds is 4. The molecule has 4 nitrogen and oxygen atoms in total. The highest BCUT2D eigenvalue weighted by Crippen LogP contribution is 2.45. The maximum Gasteiger partial charge on any atom is 0.416 e. The fourth-order valence-corrected chi connectivity index (χ4v) is 2.77. The van der Waals surface area contributed by atoms with E-state index in [1.165, 1.54) is 12.1 Å². The van der Waals surface area contributed by atoms with Crippen molar-refractivity contribution in [3.63, 3.8) is 0 Å². The van der Waals surface area contributed by atoms with Gasteiger partial charge in [0.15, 0.2) is 0 Å². The normalized spacial score (nSPS) is 15.8. The summed E-state index contributed by atoms with van der Waals surface area (Å²) < 4.78 is 43.7. The van der Waals surface area contributed by atoms with E-state index in [-0.39, 0.29) is 5.89 Å². The van der Waals surface area contributed by atoms with Crippen LogP contribution >= 0.6 is 0 Å². The van der Waals surface area contributed by atoms with E-state index in [1.54, 1.807) is 0 Å². The second-order valence-electron chi connectivity index (χ2n) is 6.47. The summed E-state index contributed by atoms with van der Waals surface area (Å²) in [4.78, 5) is 0. The van der Waals surface area contributed by atoms with Gasteiger partial charge >= 0.3 is 6.18 Å². The van der Waals surface area contributed by atoms with Gasteiger partial charge in [0.05, 0.1) is 5.56 Å². The molecule has 0 spiro atoms. The lowest BCUT2D eigenvalue weighted by Gasteiger charge is -2.09. The van der Waals surface area contributed by atoms with Crippen molar-refractivity contribution in [1.82, 2.24) is 10.2 Å². The second-order valence-corrected chi connectivity index (χ2v) is 6.47. The molecule has 0 saturated heterocycles. The Morgan fingerprint density at radius 3 is 2.35 bits per heavy atom. The van der Waals surface area contributed by atoms with Crippen LogP contribution in [0.4, 0.5) is 13.2 Å². The van der Waals surface area contributed by atoms with E-state index in [2.05, 4.69) is 10.2 Å². The lowest BCUT2D eigenvalue weighted by atomic mass is 9.99. The molecule has 0 radical (unpaired) electrons. The fourth-order valence-electron chi connectivity index (χ4n) is 2.77. The van der Waals surface area contributed by atoms with E-state index >= 15 is 0 Å². The van der Waals surface area contributed by atoms with Crippen LogP contribution < -0.4 is 0 Å². The average molecular weight is 360 g/mol. The molecule has 1 N–H and O–H groups in total. The molecule has 1 aliphatic rings. The first-order valence-corrected chi connectivity index (χ1v) is 8.16. The van der Waals surface area contributed by atoms with Gasteiger partial charge in [0.1, 0.15) is 5.60 Å². The monoisotopic (exact) mass is 360 g/mol. The largest absolute Gasteiger partial charge is 0.418 e. The number of alkyl halides is 3. The molecule has 0 atom stereocenters. The van der Waals surface area contributed by atoms with Gasteiger partial charge in [0, 0.05) is 5.56 Å². The van der Waals surface area contributed by atoms with Gasteiger partial charge in [-0.05, 0) is 48.6 Å². The number of hydrogen-bond acceptors (Lipinski definition) is 4. The van der Waals surface area contributed by atoms with Gasteiger partial charge in [0.25, 0.3) is 0 Å². The Morgan fingerprint density at radius 1 is 1.00 bits per heavy atom. The van der Waals surface area contributed by atoms with Crippen molar-refractivity contribution in [3.05, 3.63) is 71.1 Å². The van der Waals surface area contributed by atoms with E-state index < -0.39 is 17.3 Å². The molecule has 7 heteroatoms. The van der Waals surface area contributed by atoms with Crippen LogP contribution in [0.3, 0.4) is 0 Å². The Labute approximate surface area is 147 Å². The highest BCUT2D eigenvalue weighted by atomic mass is 19.4. The summed E-state index contributed by atoms with van der Waals surface area (Å²) in [5, 5.41) is 18.0. The van der Waals surface area contributed by atoms with Gasteiger partial charge in [0.2, 0.25) is 11.8 Å². The van der Waals surface area contributed by atoms with Crippen LogP contribution in [0.1, 0.15) is 35.4 Å². The van der Waals surface area contributed by atoms with Gasteiger partial charge in [-0.1, -0.05) is 30.3 Å². The number of nitrogens with zero attached hydrogens (tertiary/aromatic N) is 2. The van der Waals surface area contributed by atoms with Gasteiger partial charge in [-0.25, -0.2) is 0 Å². The summed E-state index contributed by atoms with van der Waals surface area (Å²) in [6.45, 7) is 0. The van der Waals surface area contributed by atoms with Crippen molar-refractivity contribution in [1.29, 1.82) is 0 Å². The van der Waals surface area contributed by atoms with Gasteiger partial charge in [-0.3, -0.25) is 0 Å². The summed E-state index contributed by atoms with van der Waals surface area (Å²) in [6, 6.07) is 12.4. The van der Waals surface area contributed by atoms with Crippen LogP contribution in [0, 0.1) is 0 Å². The summed E-state index contributed by atoms with van der Waals surface area (Å²) in [5.41, 5.74) is 0.619. The third-order valence-corrected chi connectivity index (χ3v) is 4.47. The molecular formula is C19H15F3N2O2. The van der Waals surface area contributed by atoms with Gasteiger partial charge in [-0.15, -0.1) is 10.2 Å². The molecule has 0 unspecified atom stereocenters. The van der Waals surface area contributed by atoms with E-state index in [1.807, 2.05) is 24.3 Å². The number of aliphatic hydroxyl groups is 1. The van der Waals surface area contributed by atoms with E-state index in [0.29, 0.717) is 30.7 Å². The van der Waals surface area contributed by atoms with Crippen LogP contribution in [0.2, 0.25) is 0 Å². The lowest BCUT2D eigenvalue weighted by Crippen LogP contribution is -2.04. The first-order valence-electron chi connectivity index (χ1n) is 8.16. The molecule has 1 aromatic heterocycles. The third-order valence-electron chi connectivity index (χ3n) is 4.47. The molecule has 0 bridgehead atoms. The van der Waals surface area contributed by atoms with Crippen LogP contribution in [0.25, 0.3) is 11.5 Å². The van der Waals surface area contributed by atoms with E-state index in [0.717, 1.165) is 23.3 Å². The fraction of sp³-hybridized carbons (Fsp3) is 0.263. The van der Waals surface area contributed by atoms with Crippen molar-refractivity contribution < 1.29 is 22.7 Å². The molecule has 134 valence electrons. The smallest absolute Gasteiger partial charge is 0.416 e. The minimum atomic E-state index is -4.35. The standard InChI is InChI=1S/C19H15F3N2O2/c20-19(21,22)14-7-5-12(6-8-14)11-13-3-1-2-4-15(13)16-23-24-17(26-16)18(25)9-10-18/h1-8,25H,9-11H2. The van der Waals surface area contributed by atoms with Gasteiger partial charge in [-0.2, -0.15) is 13.2 Å². The Kier molecular flexibility index (Phi) is 3.84. The predicted molar refractivity (Wildman–Crippen MR) is 87.1 cm³/mol. The highest BCUT2D eigenvalue weighted by molar-refractivity contribution is 5.59. The lowest BCUT2D eigenvalue weighted by molar-refractivity contribution is -0.137. The minimum absolute atomic E-state index is 0.205. The number of aromatic nitrogens is 2. The molecule has 1 fully saturated rings. The Morgan fingerprint density at radius 2 is 1.69 bits per heavy atom. The second kappa shape index (κ2) is 5.95. The van der Waals surface area contributed by atoms with E-state index in [4.69, 9.17) is 4.42 Å². The first kappa shape index (κ1) is 16.8. The molecule has 1 heterocycles. The van der Waals surface area contributed by atoms with Gasteiger partial charge < -0.3 is 9.52 Å². The third kappa shape index (κ3) is 3.22. The average Bonchev–Trinajstić information content (AvgIpc) is 3.17. The Hall–Kier alpha value is -2.67. The van der Waals surface area contributed by atoms with E-state index in [9.17, 15) is 18.3 Å². The molecule has 3 aromatic rings. The van der Waals surface area contributed by atoms with Crippen molar-refractivity contribution in [2.24, 2.45) is 0 Å². The topological polar surface area (TPSA) is 59.2 Å². The van der Waals surface area contributed by atoms with Crippen molar-refractivity contribution >= 4 is 0 Å². The zero-order valence-electron chi connectivity index (χ0n) is 13.6. The zero-order chi connectivity index (χ0) is 18.4. The van der Waals surface area contributed by atoms with Crippen LogP contribution in [-0.2, 0) is 18.2 Å². The molecular weight excluding hydrogens is 345 g/mol. The Balaban J connectivity index is 1.61. The van der Waals surface area contributed by atoms with Crippen LogP contribution in [-0.4, -0.2) is 15.3 Å². The number of benzene rings is 2. The quantitative estimate of drug-likeness (QED) is 0.752. The summed E-state index contributed by atoms with van der Waals surface area (Å²) in [5.74, 6) is 0.500.